The van der Waals surface area contributed by atoms with Crippen LogP contribution < -0.4 is 0 Å². The van der Waals surface area contributed by atoms with Gasteiger partial charge in [-0.1, -0.05) is 41.9 Å². The van der Waals surface area contributed by atoms with Crippen molar-refractivity contribution in [1.82, 2.24) is 19.4 Å². The largest absolute Gasteiger partial charge is 0.335 e. The molecule has 1 aromatic carbocycles. The summed E-state index contributed by atoms with van der Waals surface area (Å²) >= 11 is 6.89. The fourth-order valence-corrected chi connectivity index (χ4v) is 6.11. The average molecular weight is 437 g/mol. The summed E-state index contributed by atoms with van der Waals surface area (Å²) in [7, 11) is -3.58. The summed E-state index contributed by atoms with van der Waals surface area (Å²) in [4.78, 5) is 14.4. The lowest BCUT2D eigenvalue weighted by Gasteiger charge is -2.33. The monoisotopic (exact) mass is 436 g/mol. The van der Waals surface area contributed by atoms with Crippen LogP contribution in [0.2, 0.25) is 4.34 Å². The van der Waals surface area contributed by atoms with Crippen molar-refractivity contribution in [3.8, 4) is 11.3 Å². The number of rotatable bonds is 4. The van der Waals surface area contributed by atoms with E-state index in [1.54, 1.807) is 17.0 Å². The van der Waals surface area contributed by atoms with Crippen molar-refractivity contribution in [2.24, 2.45) is 0 Å². The third kappa shape index (κ3) is 3.70. The molecule has 1 amide bonds. The topological polar surface area (TPSA) is 86.4 Å². The first kappa shape index (κ1) is 19.1. The molecule has 0 bridgehead atoms. The van der Waals surface area contributed by atoms with Gasteiger partial charge in [0, 0.05) is 31.7 Å². The molecule has 1 fully saturated rings. The van der Waals surface area contributed by atoms with Crippen LogP contribution in [0.25, 0.3) is 11.3 Å². The van der Waals surface area contributed by atoms with E-state index in [1.165, 1.54) is 10.4 Å². The first-order valence-corrected chi connectivity index (χ1v) is 11.2. The van der Waals surface area contributed by atoms with Crippen LogP contribution >= 0.6 is 22.9 Å². The summed E-state index contributed by atoms with van der Waals surface area (Å²) in [5.74, 6) is -0.189. The summed E-state index contributed by atoms with van der Waals surface area (Å²) < 4.78 is 27.4. The molecule has 28 heavy (non-hydrogen) atoms. The van der Waals surface area contributed by atoms with Gasteiger partial charge in [-0.05, 0) is 18.2 Å². The third-order valence-electron chi connectivity index (χ3n) is 4.55. The van der Waals surface area contributed by atoms with Crippen LogP contribution in [-0.4, -0.2) is 59.9 Å². The molecule has 0 unspecified atom stereocenters. The average Bonchev–Trinajstić information content (AvgIpc) is 3.38. The summed E-state index contributed by atoms with van der Waals surface area (Å²) in [6.45, 7) is 1.11. The number of carbonyl (C=O) groups excluding carboxylic acids is 1. The Hall–Kier alpha value is -2.20. The minimum Gasteiger partial charge on any atom is -0.335 e. The maximum Gasteiger partial charge on any atom is 0.271 e. The zero-order valence-electron chi connectivity index (χ0n) is 14.7. The van der Waals surface area contributed by atoms with E-state index in [0.29, 0.717) is 28.8 Å². The number of nitrogens with zero attached hydrogens (tertiary/aromatic N) is 3. The van der Waals surface area contributed by atoms with Crippen LogP contribution in [0.4, 0.5) is 0 Å². The first-order chi connectivity index (χ1) is 13.4. The number of thiophene rings is 1. The Bertz CT molecular complexity index is 1090. The maximum atomic E-state index is 12.7. The molecule has 1 aliphatic heterocycles. The van der Waals surface area contributed by atoms with Crippen molar-refractivity contribution in [3.05, 3.63) is 58.6 Å². The third-order valence-corrected chi connectivity index (χ3v) is 8.14. The van der Waals surface area contributed by atoms with E-state index in [4.69, 9.17) is 11.6 Å². The molecular weight excluding hydrogens is 420 g/mol. The Labute approximate surface area is 171 Å². The van der Waals surface area contributed by atoms with Crippen LogP contribution in [0.5, 0.6) is 0 Å². The number of piperazine rings is 1. The molecule has 0 saturated carbocycles. The molecule has 0 aliphatic carbocycles. The Morgan fingerprint density at radius 2 is 1.79 bits per heavy atom. The van der Waals surface area contributed by atoms with Gasteiger partial charge in [-0.3, -0.25) is 9.89 Å². The maximum absolute atomic E-state index is 12.7. The summed E-state index contributed by atoms with van der Waals surface area (Å²) in [6.07, 6.45) is 0. The van der Waals surface area contributed by atoms with Gasteiger partial charge in [0.2, 0.25) is 0 Å². The van der Waals surface area contributed by atoms with Crippen LogP contribution in [0.1, 0.15) is 10.5 Å². The van der Waals surface area contributed by atoms with Crippen molar-refractivity contribution in [1.29, 1.82) is 0 Å². The highest BCUT2D eigenvalue weighted by molar-refractivity contribution is 7.91. The fraction of sp³-hybridized carbons (Fsp3) is 0.222. The second-order valence-electron chi connectivity index (χ2n) is 6.29. The Balaban J connectivity index is 1.43. The zero-order chi connectivity index (χ0) is 19.7. The number of aromatic nitrogens is 2. The number of H-pyrrole nitrogens is 1. The molecule has 0 atom stereocenters. The first-order valence-electron chi connectivity index (χ1n) is 8.61. The molecule has 1 N–H and O–H groups in total. The number of amides is 1. The molecular formula is C18H17ClN4O3S2. The lowest BCUT2D eigenvalue weighted by atomic mass is 10.1. The molecule has 0 radical (unpaired) electrons. The summed E-state index contributed by atoms with van der Waals surface area (Å²) in [6, 6.07) is 14.4. The van der Waals surface area contributed by atoms with E-state index in [-0.39, 0.29) is 23.2 Å². The zero-order valence-corrected chi connectivity index (χ0v) is 17.1. The van der Waals surface area contributed by atoms with Crippen molar-refractivity contribution in [2.75, 3.05) is 26.2 Å². The molecule has 10 heteroatoms. The van der Waals surface area contributed by atoms with Crippen LogP contribution in [0.3, 0.4) is 0 Å². The highest BCUT2D eigenvalue weighted by atomic mass is 35.5. The van der Waals surface area contributed by atoms with Crippen LogP contribution in [0.15, 0.2) is 52.7 Å². The minimum atomic E-state index is -3.58. The number of aromatic amines is 1. The molecule has 146 valence electrons. The molecule has 1 saturated heterocycles. The molecule has 4 rings (SSSR count). The van der Waals surface area contributed by atoms with E-state index < -0.39 is 10.0 Å². The number of benzene rings is 1. The van der Waals surface area contributed by atoms with Gasteiger partial charge in [0.15, 0.2) is 0 Å². The van der Waals surface area contributed by atoms with Gasteiger partial charge in [0.25, 0.3) is 15.9 Å². The van der Waals surface area contributed by atoms with E-state index in [9.17, 15) is 13.2 Å². The lowest BCUT2D eigenvalue weighted by Crippen LogP contribution is -2.50. The van der Waals surface area contributed by atoms with Gasteiger partial charge in [0.05, 0.1) is 10.0 Å². The quantitative estimate of drug-likeness (QED) is 0.681. The smallest absolute Gasteiger partial charge is 0.271 e. The van der Waals surface area contributed by atoms with Crippen LogP contribution in [-0.2, 0) is 10.0 Å². The van der Waals surface area contributed by atoms with Crippen molar-refractivity contribution in [3.63, 3.8) is 0 Å². The highest BCUT2D eigenvalue weighted by Gasteiger charge is 2.31. The van der Waals surface area contributed by atoms with E-state index >= 15 is 0 Å². The van der Waals surface area contributed by atoms with E-state index in [2.05, 4.69) is 10.2 Å². The van der Waals surface area contributed by atoms with Crippen molar-refractivity contribution >= 4 is 38.9 Å². The Kier molecular flexibility index (Phi) is 5.24. The normalized spacial score (nSPS) is 15.7. The minimum absolute atomic E-state index is 0.189. The lowest BCUT2D eigenvalue weighted by molar-refractivity contribution is 0.0692. The van der Waals surface area contributed by atoms with Gasteiger partial charge in [-0.15, -0.1) is 11.3 Å². The second-order valence-corrected chi connectivity index (χ2v) is 10.2. The van der Waals surface area contributed by atoms with Crippen molar-refractivity contribution in [2.45, 2.75) is 4.21 Å². The number of carbonyl (C=O) groups is 1. The summed E-state index contributed by atoms with van der Waals surface area (Å²) in [5.41, 5.74) is 2.00. The number of sulfonamides is 1. The van der Waals surface area contributed by atoms with Gasteiger partial charge in [-0.25, -0.2) is 8.42 Å². The SMILES string of the molecule is O=C(c1cc(-c2ccccc2)n[nH]1)N1CCN(S(=O)(=O)c2ccc(Cl)s2)CC1. The van der Waals surface area contributed by atoms with Gasteiger partial charge >= 0.3 is 0 Å². The standard InChI is InChI=1S/C18H17ClN4O3S2/c19-16-6-7-17(27-16)28(25,26)23-10-8-22(9-11-23)18(24)15-12-14(20-21-15)13-4-2-1-3-5-13/h1-7,12H,8-11H2,(H,20,21). The van der Waals surface area contributed by atoms with Crippen molar-refractivity contribution < 1.29 is 13.2 Å². The predicted octanol–water partition coefficient (Wildman–Crippen LogP) is 2.94. The van der Waals surface area contributed by atoms with Gasteiger partial charge in [-0.2, -0.15) is 9.40 Å². The Morgan fingerprint density at radius 3 is 2.43 bits per heavy atom. The predicted molar refractivity (Wildman–Crippen MR) is 108 cm³/mol. The summed E-state index contributed by atoms with van der Waals surface area (Å²) in [5, 5.41) is 6.99. The fourth-order valence-electron chi connectivity index (χ4n) is 3.05. The highest BCUT2D eigenvalue weighted by Crippen LogP contribution is 2.28. The van der Waals surface area contributed by atoms with E-state index in [0.717, 1.165) is 16.9 Å². The molecule has 3 heterocycles. The number of halogens is 1. The molecule has 0 spiro atoms. The molecule has 7 nitrogen and oxygen atoms in total. The molecule has 2 aromatic heterocycles. The number of hydrogen-bond acceptors (Lipinski definition) is 5. The van der Waals surface area contributed by atoms with Crippen LogP contribution in [0, 0.1) is 0 Å². The Morgan fingerprint density at radius 1 is 1.07 bits per heavy atom. The van der Waals surface area contributed by atoms with Gasteiger partial charge in [0.1, 0.15) is 9.90 Å². The van der Waals surface area contributed by atoms with Gasteiger partial charge < -0.3 is 4.90 Å². The van der Waals surface area contributed by atoms with E-state index in [1.807, 2.05) is 30.3 Å². The second kappa shape index (κ2) is 7.67. The number of nitrogens with one attached hydrogen (secondary N) is 1. The molecule has 3 aromatic rings. The molecule has 1 aliphatic rings. The number of hydrogen-bond donors (Lipinski definition) is 1.